The van der Waals surface area contributed by atoms with Crippen LogP contribution in [-0.2, 0) is 6.54 Å². The molecule has 7 heteroatoms. The first kappa shape index (κ1) is 21.0. The van der Waals surface area contributed by atoms with E-state index in [0.29, 0.717) is 21.7 Å². The third-order valence-corrected chi connectivity index (χ3v) is 6.61. The third-order valence-electron chi connectivity index (χ3n) is 5.52. The number of halogens is 2. The number of furan rings is 1. The van der Waals surface area contributed by atoms with Crippen molar-refractivity contribution in [1.29, 1.82) is 0 Å². The normalized spacial score (nSPS) is 18.1. The van der Waals surface area contributed by atoms with Crippen LogP contribution in [0.5, 0.6) is 0 Å². The number of thiocarbonyl (C=S) groups is 1. The van der Waals surface area contributed by atoms with Gasteiger partial charge in [0.15, 0.2) is 5.11 Å². The second-order valence-electron chi connectivity index (χ2n) is 7.57. The van der Waals surface area contributed by atoms with E-state index >= 15 is 0 Å². The van der Waals surface area contributed by atoms with Crippen LogP contribution in [-0.4, -0.2) is 15.0 Å². The van der Waals surface area contributed by atoms with Gasteiger partial charge in [-0.2, -0.15) is 0 Å². The molecule has 3 heterocycles. The highest BCUT2D eigenvalue weighted by atomic mass is 35.5. The maximum Gasteiger partial charge on any atom is 0.170 e. The number of nitrogens with one attached hydrogen (secondary N) is 1. The van der Waals surface area contributed by atoms with Crippen LogP contribution < -0.4 is 5.32 Å². The average molecular weight is 480 g/mol. The molecular formula is C25H19Cl2N3OS. The molecule has 32 heavy (non-hydrogen) atoms. The minimum Gasteiger partial charge on any atom is -0.459 e. The summed E-state index contributed by atoms with van der Waals surface area (Å²) >= 11 is 18.0. The lowest BCUT2D eigenvalue weighted by atomic mass is 10.0. The van der Waals surface area contributed by atoms with Crippen molar-refractivity contribution in [2.75, 3.05) is 0 Å². The predicted octanol–water partition coefficient (Wildman–Crippen LogP) is 6.82. The summed E-state index contributed by atoms with van der Waals surface area (Å²) in [6, 6.07) is 25.3. The Bertz CT molecular complexity index is 1250. The Labute approximate surface area is 201 Å². The molecule has 0 unspecified atom stereocenters. The zero-order valence-electron chi connectivity index (χ0n) is 16.9. The van der Waals surface area contributed by atoms with Crippen molar-refractivity contribution in [3.05, 3.63) is 112 Å². The van der Waals surface area contributed by atoms with Crippen LogP contribution in [0.3, 0.4) is 0 Å². The summed E-state index contributed by atoms with van der Waals surface area (Å²) in [6.07, 6.45) is 1.79. The SMILES string of the molecule is S=C1N[C@H](c2ccccn2)[C@@H](c2ccc(-c3ccc(Cl)c(Cl)c3)o2)N1Cc1ccccc1. The fourth-order valence-corrected chi connectivity index (χ4v) is 4.58. The van der Waals surface area contributed by atoms with Crippen LogP contribution >= 0.6 is 35.4 Å². The first-order valence-corrected chi connectivity index (χ1v) is 11.3. The van der Waals surface area contributed by atoms with Gasteiger partial charge in [-0.25, -0.2) is 0 Å². The van der Waals surface area contributed by atoms with Gasteiger partial charge in [0.25, 0.3) is 0 Å². The summed E-state index contributed by atoms with van der Waals surface area (Å²) < 4.78 is 6.35. The van der Waals surface area contributed by atoms with Gasteiger partial charge >= 0.3 is 0 Å². The van der Waals surface area contributed by atoms with E-state index in [4.69, 9.17) is 39.8 Å². The van der Waals surface area contributed by atoms with Gasteiger partial charge in [-0.3, -0.25) is 4.98 Å². The molecule has 0 spiro atoms. The van der Waals surface area contributed by atoms with Gasteiger partial charge < -0.3 is 14.6 Å². The van der Waals surface area contributed by atoms with E-state index in [1.807, 2.05) is 60.7 Å². The van der Waals surface area contributed by atoms with Gasteiger partial charge in [0.2, 0.25) is 0 Å². The molecule has 2 aromatic heterocycles. The number of benzene rings is 2. The van der Waals surface area contributed by atoms with Gasteiger partial charge in [0.05, 0.1) is 21.8 Å². The molecule has 1 aliphatic rings. The highest BCUT2D eigenvalue weighted by Crippen LogP contribution is 2.41. The standard InChI is InChI=1S/C25H19Cl2N3OS/c26-18-10-9-17(14-19(18)27)21-11-12-22(31-21)24-23(20-8-4-5-13-28-20)29-25(32)30(24)15-16-6-2-1-3-7-16/h1-14,23-24H,15H2,(H,29,32)/t23-,24-/m1/s1. The second-order valence-corrected chi connectivity index (χ2v) is 8.77. The monoisotopic (exact) mass is 479 g/mol. The van der Waals surface area contributed by atoms with Crippen LogP contribution in [0.25, 0.3) is 11.3 Å². The van der Waals surface area contributed by atoms with E-state index in [0.717, 1.165) is 22.8 Å². The van der Waals surface area contributed by atoms with E-state index in [1.165, 1.54) is 5.56 Å². The summed E-state index contributed by atoms with van der Waals surface area (Å²) in [7, 11) is 0. The van der Waals surface area contributed by atoms with E-state index in [1.54, 1.807) is 12.3 Å². The van der Waals surface area contributed by atoms with Crippen molar-refractivity contribution in [3.63, 3.8) is 0 Å². The Morgan fingerprint density at radius 1 is 0.938 bits per heavy atom. The molecule has 0 aliphatic carbocycles. The maximum absolute atomic E-state index is 6.35. The Morgan fingerprint density at radius 2 is 1.75 bits per heavy atom. The summed E-state index contributed by atoms with van der Waals surface area (Å²) in [5.41, 5.74) is 2.94. The van der Waals surface area contributed by atoms with E-state index in [9.17, 15) is 0 Å². The van der Waals surface area contributed by atoms with Crippen LogP contribution in [0.2, 0.25) is 10.0 Å². The summed E-state index contributed by atoms with van der Waals surface area (Å²) in [5, 5.41) is 5.12. The van der Waals surface area contributed by atoms with Crippen molar-refractivity contribution in [3.8, 4) is 11.3 Å². The number of nitrogens with zero attached hydrogens (tertiary/aromatic N) is 2. The zero-order chi connectivity index (χ0) is 22.1. The smallest absolute Gasteiger partial charge is 0.170 e. The van der Waals surface area contributed by atoms with Crippen molar-refractivity contribution in [1.82, 2.24) is 15.2 Å². The maximum atomic E-state index is 6.35. The highest BCUT2D eigenvalue weighted by Gasteiger charge is 2.41. The molecule has 0 amide bonds. The van der Waals surface area contributed by atoms with Crippen LogP contribution in [0.1, 0.15) is 29.1 Å². The van der Waals surface area contributed by atoms with E-state index in [-0.39, 0.29) is 12.1 Å². The van der Waals surface area contributed by atoms with E-state index in [2.05, 4.69) is 27.3 Å². The molecular weight excluding hydrogens is 461 g/mol. The second kappa shape index (κ2) is 8.94. The fraction of sp³-hybridized carbons (Fsp3) is 0.120. The summed E-state index contributed by atoms with van der Waals surface area (Å²) in [5.74, 6) is 1.51. The van der Waals surface area contributed by atoms with Crippen LogP contribution in [0, 0.1) is 0 Å². The Morgan fingerprint density at radius 3 is 2.50 bits per heavy atom. The molecule has 4 aromatic rings. The van der Waals surface area contributed by atoms with Crippen LogP contribution in [0.4, 0.5) is 0 Å². The van der Waals surface area contributed by atoms with E-state index < -0.39 is 0 Å². The zero-order valence-corrected chi connectivity index (χ0v) is 19.2. The van der Waals surface area contributed by atoms with Crippen LogP contribution in [0.15, 0.2) is 89.5 Å². The number of hydrogen-bond acceptors (Lipinski definition) is 3. The molecule has 1 saturated heterocycles. The van der Waals surface area contributed by atoms with Gasteiger partial charge in [-0.05, 0) is 60.2 Å². The van der Waals surface area contributed by atoms with Crippen molar-refractivity contribution in [2.24, 2.45) is 0 Å². The molecule has 1 aliphatic heterocycles. The average Bonchev–Trinajstić information content (AvgIpc) is 3.42. The molecule has 0 saturated carbocycles. The lowest BCUT2D eigenvalue weighted by Gasteiger charge is -2.26. The van der Waals surface area contributed by atoms with Crippen molar-refractivity contribution >= 4 is 40.5 Å². The van der Waals surface area contributed by atoms with Gasteiger partial charge in [0, 0.05) is 18.3 Å². The summed E-state index contributed by atoms with van der Waals surface area (Å²) in [6.45, 7) is 0.656. The highest BCUT2D eigenvalue weighted by molar-refractivity contribution is 7.80. The Hall–Kier alpha value is -2.86. The lowest BCUT2D eigenvalue weighted by molar-refractivity contribution is 0.269. The predicted molar refractivity (Wildman–Crippen MR) is 132 cm³/mol. The molecule has 5 rings (SSSR count). The number of rotatable bonds is 5. The molecule has 0 bridgehead atoms. The van der Waals surface area contributed by atoms with Gasteiger partial charge in [-0.15, -0.1) is 0 Å². The Kier molecular flexibility index (Phi) is 5.87. The minimum atomic E-state index is -0.158. The van der Waals surface area contributed by atoms with Gasteiger partial charge in [-0.1, -0.05) is 59.6 Å². The van der Waals surface area contributed by atoms with Crippen molar-refractivity contribution in [2.45, 2.75) is 18.6 Å². The molecule has 4 nitrogen and oxygen atoms in total. The Balaban J connectivity index is 1.54. The van der Waals surface area contributed by atoms with Gasteiger partial charge in [0.1, 0.15) is 17.6 Å². The quantitative estimate of drug-likeness (QED) is 0.318. The fourth-order valence-electron chi connectivity index (χ4n) is 3.98. The number of aromatic nitrogens is 1. The topological polar surface area (TPSA) is 41.3 Å². The molecule has 2 aromatic carbocycles. The molecule has 2 atom stereocenters. The lowest BCUT2D eigenvalue weighted by Crippen LogP contribution is -2.29. The minimum absolute atomic E-state index is 0.139. The molecule has 160 valence electrons. The molecule has 1 fully saturated rings. The molecule has 0 radical (unpaired) electrons. The van der Waals surface area contributed by atoms with Crippen molar-refractivity contribution < 1.29 is 4.42 Å². The first-order valence-electron chi connectivity index (χ1n) is 10.2. The molecule has 1 N–H and O–H groups in total. The first-order chi connectivity index (χ1) is 15.6. The largest absolute Gasteiger partial charge is 0.459 e. The number of pyridine rings is 1. The number of hydrogen-bond donors (Lipinski definition) is 1. The summed E-state index contributed by atoms with van der Waals surface area (Å²) in [4.78, 5) is 6.73. The third kappa shape index (κ3) is 4.11.